The van der Waals surface area contributed by atoms with Gasteiger partial charge in [-0.1, -0.05) is 12.8 Å². The zero-order valence-corrected chi connectivity index (χ0v) is 9.82. The van der Waals surface area contributed by atoms with Gasteiger partial charge in [-0.15, -0.1) is 0 Å². The first kappa shape index (κ1) is 11.4. The Morgan fingerprint density at radius 3 is 2.67 bits per heavy atom. The van der Waals surface area contributed by atoms with Crippen molar-refractivity contribution in [3.63, 3.8) is 0 Å². The van der Waals surface area contributed by atoms with Gasteiger partial charge in [-0.05, 0) is 32.7 Å². The molecule has 1 heterocycles. The van der Waals surface area contributed by atoms with Crippen LogP contribution >= 0.6 is 0 Å². The van der Waals surface area contributed by atoms with Gasteiger partial charge in [0.05, 0.1) is 6.10 Å². The summed E-state index contributed by atoms with van der Waals surface area (Å²) in [6.45, 7) is 2.02. The summed E-state index contributed by atoms with van der Waals surface area (Å²) in [5, 5.41) is 0. The van der Waals surface area contributed by atoms with Crippen molar-refractivity contribution in [2.45, 2.75) is 56.7 Å². The molecule has 0 bridgehead atoms. The Bertz CT molecular complexity index is 192. The fourth-order valence-corrected chi connectivity index (χ4v) is 2.93. The van der Waals surface area contributed by atoms with E-state index >= 15 is 0 Å². The second kappa shape index (κ2) is 5.28. The van der Waals surface area contributed by atoms with Crippen LogP contribution in [0.1, 0.15) is 38.5 Å². The minimum absolute atomic E-state index is 0.380. The van der Waals surface area contributed by atoms with E-state index in [9.17, 15) is 0 Å². The van der Waals surface area contributed by atoms with E-state index in [0.29, 0.717) is 18.2 Å². The first-order valence-corrected chi connectivity index (χ1v) is 6.35. The van der Waals surface area contributed by atoms with Crippen molar-refractivity contribution in [2.75, 3.05) is 20.2 Å². The third-order valence-electron chi connectivity index (χ3n) is 3.86. The molecular weight excluding hydrogens is 188 g/mol. The van der Waals surface area contributed by atoms with Crippen LogP contribution in [0.15, 0.2) is 0 Å². The maximum Gasteiger partial charge on any atom is 0.0702 e. The van der Waals surface area contributed by atoms with Crippen LogP contribution in [0.2, 0.25) is 0 Å². The molecule has 2 aliphatic rings. The molecule has 2 rings (SSSR count). The average Bonchev–Trinajstić information content (AvgIpc) is 2.71. The molecule has 0 amide bonds. The Morgan fingerprint density at radius 2 is 2.00 bits per heavy atom. The molecule has 1 saturated heterocycles. The molecule has 0 unspecified atom stereocenters. The quantitative estimate of drug-likeness (QED) is 0.768. The third-order valence-corrected chi connectivity index (χ3v) is 3.86. The summed E-state index contributed by atoms with van der Waals surface area (Å²) < 4.78 is 5.67. The molecule has 1 aliphatic carbocycles. The van der Waals surface area contributed by atoms with Gasteiger partial charge >= 0.3 is 0 Å². The summed E-state index contributed by atoms with van der Waals surface area (Å²) in [7, 11) is 2.21. The number of ether oxygens (including phenoxy) is 1. The highest BCUT2D eigenvalue weighted by Crippen LogP contribution is 2.22. The van der Waals surface area contributed by atoms with Crippen molar-refractivity contribution in [2.24, 2.45) is 5.73 Å². The topological polar surface area (TPSA) is 38.5 Å². The predicted molar refractivity (Wildman–Crippen MR) is 61.8 cm³/mol. The number of rotatable bonds is 3. The van der Waals surface area contributed by atoms with E-state index in [-0.39, 0.29) is 0 Å². The van der Waals surface area contributed by atoms with Gasteiger partial charge in [-0.25, -0.2) is 0 Å². The normalized spacial score (nSPS) is 37.4. The van der Waals surface area contributed by atoms with E-state index in [0.717, 1.165) is 13.2 Å². The highest BCUT2D eigenvalue weighted by atomic mass is 16.5. The highest BCUT2D eigenvalue weighted by molar-refractivity contribution is 4.86. The van der Waals surface area contributed by atoms with E-state index in [1.807, 2.05) is 0 Å². The van der Waals surface area contributed by atoms with Crippen molar-refractivity contribution in [1.29, 1.82) is 0 Å². The third kappa shape index (κ3) is 2.92. The summed E-state index contributed by atoms with van der Waals surface area (Å²) in [6.07, 6.45) is 8.04. The molecule has 3 nitrogen and oxygen atoms in total. The van der Waals surface area contributed by atoms with Gasteiger partial charge in [0.1, 0.15) is 0 Å². The van der Waals surface area contributed by atoms with Crippen LogP contribution in [-0.2, 0) is 4.74 Å². The SMILES string of the molecule is CN(C[C@@H]1CCCO1)[C@H]1CCCC[C@H]1N. The minimum atomic E-state index is 0.380. The molecule has 2 fully saturated rings. The molecular formula is C12H24N2O. The minimum Gasteiger partial charge on any atom is -0.377 e. The van der Waals surface area contributed by atoms with Crippen molar-refractivity contribution in [1.82, 2.24) is 4.90 Å². The Balaban J connectivity index is 1.80. The smallest absolute Gasteiger partial charge is 0.0702 e. The molecule has 0 radical (unpaired) electrons. The number of nitrogens with zero attached hydrogens (tertiary/aromatic N) is 1. The van der Waals surface area contributed by atoms with E-state index in [1.165, 1.54) is 38.5 Å². The number of hydrogen-bond acceptors (Lipinski definition) is 3. The van der Waals surface area contributed by atoms with Crippen LogP contribution in [0.3, 0.4) is 0 Å². The van der Waals surface area contributed by atoms with Crippen molar-refractivity contribution >= 4 is 0 Å². The summed E-state index contributed by atoms with van der Waals surface area (Å²) in [5.74, 6) is 0. The molecule has 15 heavy (non-hydrogen) atoms. The Morgan fingerprint density at radius 1 is 1.20 bits per heavy atom. The van der Waals surface area contributed by atoms with Crippen molar-refractivity contribution < 1.29 is 4.74 Å². The lowest BCUT2D eigenvalue weighted by Gasteiger charge is -2.37. The molecule has 0 spiro atoms. The number of nitrogens with two attached hydrogens (primary N) is 1. The first-order chi connectivity index (χ1) is 7.27. The van der Waals surface area contributed by atoms with Gasteiger partial charge in [0.15, 0.2) is 0 Å². The number of likely N-dealkylation sites (N-methyl/N-ethyl adjacent to an activating group) is 1. The maximum absolute atomic E-state index is 6.17. The van der Waals surface area contributed by atoms with Gasteiger partial charge in [0, 0.05) is 25.2 Å². The van der Waals surface area contributed by atoms with E-state index in [4.69, 9.17) is 10.5 Å². The van der Waals surface area contributed by atoms with Crippen LogP contribution in [0.4, 0.5) is 0 Å². The van der Waals surface area contributed by atoms with Gasteiger partial charge in [0.2, 0.25) is 0 Å². The first-order valence-electron chi connectivity index (χ1n) is 6.35. The lowest BCUT2D eigenvalue weighted by Crippen LogP contribution is -2.49. The lowest BCUT2D eigenvalue weighted by atomic mass is 9.90. The fraction of sp³-hybridized carbons (Fsp3) is 1.00. The standard InChI is InChI=1S/C12H24N2O/c1-14(9-10-5-4-8-15-10)12-7-3-2-6-11(12)13/h10-12H,2-9,13H2,1H3/t10-,11+,12-/m0/s1. The second-order valence-electron chi connectivity index (χ2n) is 5.09. The van der Waals surface area contributed by atoms with E-state index in [2.05, 4.69) is 11.9 Å². The zero-order chi connectivity index (χ0) is 10.7. The predicted octanol–water partition coefficient (Wildman–Crippen LogP) is 1.37. The maximum atomic E-state index is 6.17. The molecule has 3 heteroatoms. The molecule has 1 aliphatic heterocycles. The molecule has 1 saturated carbocycles. The van der Waals surface area contributed by atoms with Crippen molar-refractivity contribution in [3.05, 3.63) is 0 Å². The molecule has 0 aromatic heterocycles. The Kier molecular flexibility index (Phi) is 4.00. The van der Waals surface area contributed by atoms with Gasteiger partial charge in [-0.2, -0.15) is 0 Å². The van der Waals surface area contributed by atoms with Gasteiger partial charge < -0.3 is 10.5 Å². The summed E-state index contributed by atoms with van der Waals surface area (Å²) in [4.78, 5) is 2.43. The average molecular weight is 212 g/mol. The summed E-state index contributed by atoms with van der Waals surface area (Å²) in [6, 6.07) is 0.966. The highest BCUT2D eigenvalue weighted by Gasteiger charge is 2.27. The largest absolute Gasteiger partial charge is 0.377 e. The summed E-state index contributed by atoms with van der Waals surface area (Å²) >= 11 is 0. The van der Waals surface area contributed by atoms with Crippen LogP contribution < -0.4 is 5.73 Å². The van der Waals surface area contributed by atoms with Crippen LogP contribution in [0.25, 0.3) is 0 Å². The molecule has 2 N–H and O–H groups in total. The molecule has 88 valence electrons. The van der Waals surface area contributed by atoms with Gasteiger partial charge in [-0.3, -0.25) is 4.90 Å². The van der Waals surface area contributed by atoms with E-state index < -0.39 is 0 Å². The molecule has 0 aromatic rings. The van der Waals surface area contributed by atoms with Crippen molar-refractivity contribution in [3.8, 4) is 0 Å². The van der Waals surface area contributed by atoms with E-state index in [1.54, 1.807) is 0 Å². The number of hydrogen-bond donors (Lipinski definition) is 1. The molecule has 3 atom stereocenters. The Labute approximate surface area is 93.0 Å². The Hall–Kier alpha value is -0.120. The second-order valence-corrected chi connectivity index (χ2v) is 5.09. The molecule has 0 aromatic carbocycles. The zero-order valence-electron chi connectivity index (χ0n) is 9.82. The van der Waals surface area contributed by atoms with Crippen LogP contribution in [0.5, 0.6) is 0 Å². The fourth-order valence-electron chi connectivity index (χ4n) is 2.93. The van der Waals surface area contributed by atoms with Crippen LogP contribution in [-0.4, -0.2) is 43.3 Å². The van der Waals surface area contributed by atoms with Gasteiger partial charge in [0.25, 0.3) is 0 Å². The summed E-state index contributed by atoms with van der Waals surface area (Å²) in [5.41, 5.74) is 6.17. The lowest BCUT2D eigenvalue weighted by molar-refractivity contribution is 0.0565. The van der Waals surface area contributed by atoms with Crippen LogP contribution in [0, 0.1) is 0 Å². The monoisotopic (exact) mass is 212 g/mol.